The lowest BCUT2D eigenvalue weighted by Gasteiger charge is -2.09. The molecule has 3 rings (SSSR count). The van der Waals surface area contributed by atoms with Crippen molar-refractivity contribution < 1.29 is 9.53 Å². The molecule has 1 aliphatic rings. The highest BCUT2D eigenvalue weighted by molar-refractivity contribution is 9.10. The number of rotatable bonds is 1. The van der Waals surface area contributed by atoms with Gasteiger partial charge in [-0.1, -0.05) is 40.2 Å². The first kappa shape index (κ1) is 12.0. The Morgan fingerprint density at radius 3 is 2.53 bits per heavy atom. The zero-order chi connectivity index (χ0) is 13.2. The molecule has 1 heterocycles. The molecule has 0 aromatic heterocycles. The van der Waals surface area contributed by atoms with Crippen LogP contribution < -0.4 is 5.32 Å². The van der Waals surface area contributed by atoms with Crippen LogP contribution in [0.1, 0.15) is 15.9 Å². The number of para-hydroxylation sites is 1. The Labute approximate surface area is 119 Å². The van der Waals surface area contributed by atoms with E-state index in [-0.39, 0.29) is 5.97 Å². The maximum atomic E-state index is 11.8. The van der Waals surface area contributed by atoms with Crippen LogP contribution in [-0.4, -0.2) is 5.97 Å². The lowest BCUT2D eigenvalue weighted by atomic mass is 10.1. The number of carbonyl (C=O) groups excluding carboxylic acids is 1. The van der Waals surface area contributed by atoms with Crippen LogP contribution >= 0.6 is 15.9 Å². The van der Waals surface area contributed by atoms with Crippen LogP contribution in [0, 0.1) is 0 Å². The fraction of sp³-hybridized carbons (Fsp3) is 0. The number of halogens is 1. The number of hydrogen-bond donors (Lipinski definition) is 1. The van der Waals surface area contributed by atoms with E-state index in [9.17, 15) is 4.79 Å². The minimum atomic E-state index is -0.352. The monoisotopic (exact) mass is 315 g/mol. The predicted molar refractivity (Wildman–Crippen MR) is 77.6 cm³/mol. The number of cyclic esters (lactones) is 1. The molecule has 1 aliphatic heterocycles. The molecule has 0 aliphatic carbocycles. The first-order valence-corrected chi connectivity index (χ1v) is 6.56. The average molecular weight is 316 g/mol. The topological polar surface area (TPSA) is 38.3 Å². The Kier molecular flexibility index (Phi) is 3.09. The molecule has 1 N–H and O–H groups in total. The molecule has 0 bridgehead atoms. The van der Waals surface area contributed by atoms with Crippen LogP contribution in [0.25, 0.3) is 5.70 Å². The maximum Gasteiger partial charge on any atom is 0.345 e. The van der Waals surface area contributed by atoms with Crippen molar-refractivity contribution in [2.45, 2.75) is 0 Å². The van der Waals surface area contributed by atoms with Crippen LogP contribution in [-0.2, 0) is 4.74 Å². The average Bonchev–Trinajstić information content (AvgIpc) is 2.60. The van der Waals surface area contributed by atoms with Gasteiger partial charge in [-0.05, 0) is 24.3 Å². The molecule has 0 unspecified atom stereocenters. The van der Waals surface area contributed by atoms with Crippen molar-refractivity contribution in [3.8, 4) is 0 Å². The van der Waals surface area contributed by atoms with Gasteiger partial charge < -0.3 is 10.1 Å². The van der Waals surface area contributed by atoms with E-state index in [1.807, 2.05) is 42.5 Å². The summed E-state index contributed by atoms with van der Waals surface area (Å²) < 4.78 is 6.15. The summed E-state index contributed by atoms with van der Waals surface area (Å²) in [6.45, 7) is 0. The van der Waals surface area contributed by atoms with Crippen LogP contribution in [0.15, 0.2) is 59.3 Å². The van der Waals surface area contributed by atoms with E-state index >= 15 is 0 Å². The van der Waals surface area contributed by atoms with Gasteiger partial charge in [0.2, 0.25) is 0 Å². The van der Waals surface area contributed by atoms with Crippen LogP contribution in [0.4, 0.5) is 5.69 Å². The molecule has 0 spiro atoms. The van der Waals surface area contributed by atoms with Gasteiger partial charge in [0.1, 0.15) is 6.26 Å². The van der Waals surface area contributed by atoms with E-state index in [0.29, 0.717) is 5.56 Å². The zero-order valence-electron chi connectivity index (χ0n) is 9.89. The molecule has 3 nitrogen and oxygen atoms in total. The Morgan fingerprint density at radius 1 is 1.00 bits per heavy atom. The Balaban J connectivity index is 2.01. The highest BCUT2D eigenvalue weighted by atomic mass is 79.9. The van der Waals surface area contributed by atoms with Crippen LogP contribution in [0.2, 0.25) is 0 Å². The van der Waals surface area contributed by atoms with Gasteiger partial charge in [0.15, 0.2) is 0 Å². The minimum absolute atomic E-state index is 0.352. The molecule has 94 valence electrons. The molecular weight excluding hydrogens is 306 g/mol. The van der Waals surface area contributed by atoms with Gasteiger partial charge >= 0.3 is 5.97 Å². The summed E-state index contributed by atoms with van der Waals surface area (Å²) in [5.41, 5.74) is 2.99. The second-order valence-electron chi connectivity index (χ2n) is 4.11. The third-order valence-corrected chi connectivity index (χ3v) is 3.38. The number of anilines is 1. The number of hydrogen-bond acceptors (Lipinski definition) is 3. The molecule has 19 heavy (non-hydrogen) atoms. The molecule has 0 saturated carbocycles. The minimum Gasteiger partial charge on any atom is -0.429 e. The normalized spacial score (nSPS) is 13.7. The van der Waals surface area contributed by atoms with Crippen molar-refractivity contribution in [1.29, 1.82) is 0 Å². The summed E-state index contributed by atoms with van der Waals surface area (Å²) >= 11 is 3.39. The molecular formula is C15H10BrNO2. The lowest BCUT2D eigenvalue weighted by molar-refractivity contribution is 0.0667. The van der Waals surface area contributed by atoms with Gasteiger partial charge in [0.05, 0.1) is 16.9 Å². The van der Waals surface area contributed by atoms with Crippen molar-refractivity contribution >= 4 is 33.3 Å². The van der Waals surface area contributed by atoms with Crippen molar-refractivity contribution in [3.63, 3.8) is 0 Å². The predicted octanol–water partition coefficient (Wildman–Crippen LogP) is 4.03. The lowest BCUT2D eigenvalue weighted by Crippen LogP contribution is -2.01. The summed E-state index contributed by atoms with van der Waals surface area (Å²) in [4.78, 5) is 11.8. The van der Waals surface area contributed by atoms with Crippen LogP contribution in [0.3, 0.4) is 0 Å². The number of carbonyl (C=O) groups is 1. The summed E-state index contributed by atoms with van der Waals surface area (Å²) in [6.07, 6.45) is 1.45. The molecule has 0 saturated heterocycles. The van der Waals surface area contributed by atoms with Gasteiger partial charge in [-0.25, -0.2) is 4.79 Å². The number of ether oxygens (including phenoxy) is 1. The largest absolute Gasteiger partial charge is 0.429 e. The van der Waals surface area contributed by atoms with Crippen molar-refractivity contribution in [3.05, 3.63) is 70.4 Å². The first-order valence-electron chi connectivity index (χ1n) is 5.77. The number of nitrogens with one attached hydrogen (secondary N) is 1. The van der Waals surface area contributed by atoms with Crippen molar-refractivity contribution in [2.75, 3.05) is 5.32 Å². The van der Waals surface area contributed by atoms with E-state index in [2.05, 4.69) is 21.2 Å². The molecule has 0 atom stereocenters. The second-order valence-corrected chi connectivity index (χ2v) is 5.03. The summed E-state index contributed by atoms with van der Waals surface area (Å²) in [5, 5.41) is 3.23. The quantitative estimate of drug-likeness (QED) is 0.807. The fourth-order valence-electron chi connectivity index (χ4n) is 1.89. The second kappa shape index (κ2) is 4.90. The van der Waals surface area contributed by atoms with Crippen molar-refractivity contribution in [1.82, 2.24) is 0 Å². The summed E-state index contributed by atoms with van der Waals surface area (Å²) in [5.74, 6) is -0.352. The Bertz CT molecular complexity index is 662. The third-order valence-electron chi connectivity index (χ3n) is 2.86. The standard InChI is InChI=1S/C15H10BrNO2/c16-11-7-5-10(6-8-11)14-9-19-15(18)12-3-1-2-4-13(12)17-14/h1-9,17H. The van der Waals surface area contributed by atoms with E-state index in [0.717, 1.165) is 21.4 Å². The molecule has 4 heteroatoms. The van der Waals surface area contributed by atoms with Gasteiger partial charge in [-0.2, -0.15) is 0 Å². The van der Waals surface area contributed by atoms with Crippen molar-refractivity contribution in [2.24, 2.45) is 0 Å². The number of benzene rings is 2. The third kappa shape index (κ3) is 2.39. The Hall–Kier alpha value is -2.07. The van der Waals surface area contributed by atoms with Gasteiger partial charge in [0, 0.05) is 10.0 Å². The fourth-order valence-corrected chi connectivity index (χ4v) is 2.15. The van der Waals surface area contributed by atoms with E-state index in [1.54, 1.807) is 6.07 Å². The summed E-state index contributed by atoms with van der Waals surface area (Å²) in [6, 6.07) is 15.1. The Morgan fingerprint density at radius 2 is 1.74 bits per heavy atom. The van der Waals surface area contributed by atoms with Gasteiger partial charge in [-0.15, -0.1) is 0 Å². The van der Waals surface area contributed by atoms with E-state index in [1.165, 1.54) is 6.26 Å². The molecule has 0 radical (unpaired) electrons. The first-order chi connectivity index (χ1) is 9.24. The van der Waals surface area contributed by atoms with Gasteiger partial charge in [0.25, 0.3) is 0 Å². The molecule has 0 amide bonds. The molecule has 2 aromatic carbocycles. The van der Waals surface area contributed by atoms with E-state index in [4.69, 9.17) is 4.74 Å². The number of esters is 1. The van der Waals surface area contributed by atoms with E-state index < -0.39 is 0 Å². The smallest absolute Gasteiger partial charge is 0.345 e. The zero-order valence-corrected chi connectivity index (χ0v) is 11.5. The highest BCUT2D eigenvalue weighted by Crippen LogP contribution is 2.26. The summed E-state index contributed by atoms with van der Waals surface area (Å²) in [7, 11) is 0. The SMILES string of the molecule is O=C1OC=C(c2ccc(Br)cc2)Nc2ccccc21. The van der Waals surface area contributed by atoms with Crippen LogP contribution in [0.5, 0.6) is 0 Å². The molecule has 0 fully saturated rings. The maximum absolute atomic E-state index is 11.8. The molecule has 2 aromatic rings. The van der Waals surface area contributed by atoms with Gasteiger partial charge in [-0.3, -0.25) is 0 Å². The highest BCUT2D eigenvalue weighted by Gasteiger charge is 2.17. The number of fused-ring (bicyclic) bond motifs is 1.